The van der Waals surface area contributed by atoms with Crippen molar-refractivity contribution >= 4 is 11.6 Å². The zero-order valence-corrected chi connectivity index (χ0v) is 13.0. The lowest BCUT2D eigenvalue weighted by atomic mass is 10.1. The van der Waals surface area contributed by atoms with E-state index in [0.717, 1.165) is 5.56 Å². The number of nitrogens with one attached hydrogen (secondary N) is 2. The third kappa shape index (κ3) is 3.07. The molecule has 1 aromatic heterocycles. The minimum absolute atomic E-state index is 0.122. The quantitative estimate of drug-likeness (QED) is 0.767. The molecule has 0 fully saturated rings. The van der Waals surface area contributed by atoms with Gasteiger partial charge in [-0.25, -0.2) is 4.79 Å². The van der Waals surface area contributed by atoms with E-state index in [9.17, 15) is 9.59 Å². The van der Waals surface area contributed by atoms with Crippen LogP contribution in [0.3, 0.4) is 0 Å². The number of fused-ring (bicyclic) bond motifs is 1. The molecule has 1 aliphatic rings. The van der Waals surface area contributed by atoms with Gasteiger partial charge in [0.15, 0.2) is 11.5 Å². The van der Waals surface area contributed by atoms with Crippen molar-refractivity contribution in [2.45, 2.75) is 0 Å². The van der Waals surface area contributed by atoms with Gasteiger partial charge in [-0.1, -0.05) is 30.3 Å². The number of amides is 1. The van der Waals surface area contributed by atoms with Crippen LogP contribution in [0.2, 0.25) is 0 Å². The highest BCUT2D eigenvalue weighted by molar-refractivity contribution is 6.03. The van der Waals surface area contributed by atoms with Crippen LogP contribution in [0.25, 0.3) is 11.3 Å². The third-order valence-corrected chi connectivity index (χ3v) is 3.69. The Labute approximate surface area is 142 Å². The summed E-state index contributed by atoms with van der Waals surface area (Å²) < 4.78 is 10.5. The van der Waals surface area contributed by atoms with Crippen LogP contribution in [0, 0.1) is 0 Å². The van der Waals surface area contributed by atoms with Gasteiger partial charge in [0.1, 0.15) is 5.69 Å². The van der Waals surface area contributed by atoms with Gasteiger partial charge in [0, 0.05) is 17.3 Å². The summed E-state index contributed by atoms with van der Waals surface area (Å²) in [7, 11) is 0. The fraction of sp³-hybridized carbons (Fsp3) is 0.0556. The molecule has 0 saturated heterocycles. The van der Waals surface area contributed by atoms with Crippen molar-refractivity contribution in [3.8, 4) is 22.8 Å². The Morgan fingerprint density at radius 3 is 2.68 bits per heavy atom. The van der Waals surface area contributed by atoms with E-state index < -0.39 is 11.6 Å². The second-order valence-corrected chi connectivity index (χ2v) is 5.37. The molecule has 0 saturated carbocycles. The Balaban J connectivity index is 1.62. The lowest BCUT2D eigenvalue weighted by Crippen LogP contribution is -2.21. The Bertz CT molecular complexity index is 999. The molecule has 7 nitrogen and oxygen atoms in total. The molecule has 2 heterocycles. The molecule has 2 aromatic carbocycles. The highest BCUT2D eigenvalue weighted by Crippen LogP contribution is 2.34. The number of aromatic amines is 1. The molecule has 1 aliphatic heterocycles. The summed E-state index contributed by atoms with van der Waals surface area (Å²) in [5.41, 5.74) is 1.26. The molecule has 25 heavy (non-hydrogen) atoms. The van der Waals surface area contributed by atoms with Gasteiger partial charge in [-0.2, -0.15) is 4.98 Å². The predicted molar refractivity (Wildman–Crippen MR) is 90.8 cm³/mol. The Kier molecular flexibility index (Phi) is 3.66. The van der Waals surface area contributed by atoms with Crippen LogP contribution in [0.1, 0.15) is 10.5 Å². The molecular formula is C18H13N3O4. The van der Waals surface area contributed by atoms with Crippen molar-refractivity contribution < 1.29 is 14.3 Å². The molecule has 0 bridgehead atoms. The first kappa shape index (κ1) is 14.9. The molecule has 0 unspecified atom stereocenters. The van der Waals surface area contributed by atoms with Crippen LogP contribution in [-0.4, -0.2) is 22.7 Å². The normalized spacial score (nSPS) is 12.0. The van der Waals surface area contributed by atoms with Crippen molar-refractivity contribution in [2.75, 3.05) is 12.1 Å². The first-order valence-corrected chi connectivity index (χ1v) is 7.57. The van der Waals surface area contributed by atoms with Crippen LogP contribution < -0.4 is 20.5 Å². The first-order chi connectivity index (χ1) is 12.2. The van der Waals surface area contributed by atoms with Gasteiger partial charge in [-0.3, -0.25) is 4.79 Å². The molecule has 3 aromatic rings. The van der Waals surface area contributed by atoms with Crippen LogP contribution in [-0.2, 0) is 0 Å². The number of anilines is 1. The Morgan fingerprint density at radius 2 is 1.84 bits per heavy atom. The topological polar surface area (TPSA) is 93.3 Å². The number of aromatic nitrogens is 2. The summed E-state index contributed by atoms with van der Waals surface area (Å²) in [6.07, 6.45) is 0. The SMILES string of the molecule is O=C(Nc1ccc2c(c1)OCO2)c1cc(-c2ccccc2)nc(=O)[nH]1. The van der Waals surface area contributed by atoms with E-state index in [2.05, 4.69) is 15.3 Å². The van der Waals surface area contributed by atoms with E-state index in [1.54, 1.807) is 24.3 Å². The maximum Gasteiger partial charge on any atom is 0.346 e. The van der Waals surface area contributed by atoms with Gasteiger partial charge in [0.05, 0.1) is 5.69 Å². The van der Waals surface area contributed by atoms with E-state index in [-0.39, 0.29) is 12.5 Å². The molecule has 2 N–H and O–H groups in total. The first-order valence-electron chi connectivity index (χ1n) is 7.57. The number of carbonyl (C=O) groups excluding carboxylic acids is 1. The summed E-state index contributed by atoms with van der Waals surface area (Å²) in [6.45, 7) is 0.158. The zero-order chi connectivity index (χ0) is 17.2. The third-order valence-electron chi connectivity index (χ3n) is 3.69. The molecule has 0 radical (unpaired) electrons. The number of benzene rings is 2. The number of nitrogens with zero attached hydrogens (tertiary/aromatic N) is 1. The highest BCUT2D eigenvalue weighted by Gasteiger charge is 2.15. The van der Waals surface area contributed by atoms with Crippen molar-refractivity contribution in [3.63, 3.8) is 0 Å². The van der Waals surface area contributed by atoms with E-state index in [1.807, 2.05) is 30.3 Å². The number of ether oxygens (including phenoxy) is 2. The van der Waals surface area contributed by atoms with Gasteiger partial charge in [0.25, 0.3) is 5.91 Å². The van der Waals surface area contributed by atoms with Crippen molar-refractivity contribution in [3.05, 3.63) is 70.8 Å². The molecule has 0 aliphatic carbocycles. The number of carbonyl (C=O) groups is 1. The van der Waals surface area contributed by atoms with Crippen molar-refractivity contribution in [1.82, 2.24) is 9.97 Å². The van der Waals surface area contributed by atoms with Crippen LogP contribution in [0.15, 0.2) is 59.4 Å². The van der Waals surface area contributed by atoms with Gasteiger partial charge in [0.2, 0.25) is 6.79 Å². The van der Waals surface area contributed by atoms with E-state index in [1.165, 1.54) is 0 Å². The number of rotatable bonds is 3. The fourth-order valence-corrected chi connectivity index (χ4v) is 2.51. The van der Waals surface area contributed by atoms with Gasteiger partial charge in [-0.05, 0) is 18.2 Å². The Morgan fingerprint density at radius 1 is 1.04 bits per heavy atom. The average Bonchev–Trinajstić information content (AvgIpc) is 3.09. The number of H-pyrrole nitrogens is 1. The van der Waals surface area contributed by atoms with E-state index >= 15 is 0 Å². The second-order valence-electron chi connectivity index (χ2n) is 5.37. The molecule has 7 heteroatoms. The minimum atomic E-state index is -0.586. The van der Waals surface area contributed by atoms with E-state index in [0.29, 0.717) is 22.9 Å². The maximum atomic E-state index is 12.5. The monoisotopic (exact) mass is 335 g/mol. The van der Waals surface area contributed by atoms with Crippen molar-refractivity contribution in [1.29, 1.82) is 0 Å². The standard InChI is InChI=1S/C18H13N3O4/c22-17(19-12-6-7-15-16(8-12)25-10-24-15)14-9-13(20-18(23)21-14)11-4-2-1-3-5-11/h1-9H,10H2,(H,19,22)(H,20,21,23). The smallest absolute Gasteiger partial charge is 0.346 e. The number of hydrogen-bond donors (Lipinski definition) is 2. The summed E-state index contributed by atoms with van der Waals surface area (Å²) in [4.78, 5) is 30.6. The zero-order valence-electron chi connectivity index (χ0n) is 13.0. The number of hydrogen-bond acceptors (Lipinski definition) is 5. The summed E-state index contributed by atoms with van der Waals surface area (Å²) in [5.74, 6) is 0.739. The van der Waals surface area contributed by atoms with Gasteiger partial charge in [-0.15, -0.1) is 0 Å². The lowest BCUT2D eigenvalue weighted by molar-refractivity contribution is 0.102. The maximum absolute atomic E-state index is 12.5. The highest BCUT2D eigenvalue weighted by atomic mass is 16.7. The van der Waals surface area contributed by atoms with Crippen LogP contribution in [0.5, 0.6) is 11.5 Å². The lowest BCUT2D eigenvalue weighted by Gasteiger charge is -2.07. The largest absolute Gasteiger partial charge is 0.454 e. The van der Waals surface area contributed by atoms with Crippen LogP contribution >= 0.6 is 0 Å². The molecule has 0 atom stereocenters. The molecule has 124 valence electrons. The predicted octanol–water partition coefficient (Wildman–Crippen LogP) is 2.42. The second kappa shape index (κ2) is 6.12. The summed E-state index contributed by atoms with van der Waals surface area (Å²) in [5, 5.41) is 2.72. The van der Waals surface area contributed by atoms with E-state index in [4.69, 9.17) is 9.47 Å². The van der Waals surface area contributed by atoms with Crippen molar-refractivity contribution in [2.24, 2.45) is 0 Å². The van der Waals surface area contributed by atoms with Gasteiger partial charge < -0.3 is 19.8 Å². The fourth-order valence-electron chi connectivity index (χ4n) is 2.51. The molecule has 1 amide bonds. The van der Waals surface area contributed by atoms with Crippen LogP contribution in [0.4, 0.5) is 5.69 Å². The molecule has 0 spiro atoms. The summed E-state index contributed by atoms with van der Waals surface area (Å²) in [6, 6.07) is 15.8. The van der Waals surface area contributed by atoms with Gasteiger partial charge >= 0.3 is 5.69 Å². The Hall–Kier alpha value is -3.61. The summed E-state index contributed by atoms with van der Waals surface area (Å²) >= 11 is 0. The molecular weight excluding hydrogens is 322 g/mol. The average molecular weight is 335 g/mol. The minimum Gasteiger partial charge on any atom is -0.454 e. The molecule has 4 rings (SSSR count).